The van der Waals surface area contributed by atoms with E-state index in [2.05, 4.69) is 143 Å². The van der Waals surface area contributed by atoms with E-state index in [4.69, 9.17) is 66.3 Å². The zero-order chi connectivity index (χ0) is 81.9. The summed E-state index contributed by atoms with van der Waals surface area (Å²) in [4.78, 5) is 9.86. The molecule has 3 aliphatic heterocycles. The topological polar surface area (TPSA) is 145 Å². The number of unbranched alkanes of at least 4 members (excludes halogenated alkanes) is 8. The summed E-state index contributed by atoms with van der Waals surface area (Å²) in [7, 11) is 0. The van der Waals surface area contributed by atoms with E-state index in [1.54, 1.807) is 34.0 Å². The van der Waals surface area contributed by atoms with Crippen molar-refractivity contribution in [3.8, 4) is 76.9 Å². The highest BCUT2D eigenvalue weighted by Crippen LogP contribution is 2.65. The second-order valence-electron chi connectivity index (χ2n) is 36.5. The Balaban J connectivity index is 1.48. The molecular weight excluding hydrogens is 1480 g/mol. The van der Waals surface area contributed by atoms with Gasteiger partial charge in [0.15, 0.2) is 46.0 Å². The van der Waals surface area contributed by atoms with Crippen LogP contribution in [0.5, 0.6) is 46.0 Å². The molecule has 0 aliphatic carbocycles. The number of aromatic nitrogens is 1. The Morgan fingerprint density at radius 1 is 0.301 bits per heavy atom. The van der Waals surface area contributed by atoms with Gasteiger partial charge in [0.05, 0.1) is 88.6 Å². The predicted molar refractivity (Wildman–Crippen MR) is 474 cm³/mol. The molecule has 15 nitrogen and oxygen atoms in total. The van der Waals surface area contributed by atoms with Gasteiger partial charge in [-0.05, 0) is 86.9 Å². The van der Waals surface area contributed by atoms with Gasteiger partial charge in [-0.3, -0.25) is 0 Å². The summed E-state index contributed by atoms with van der Waals surface area (Å²) >= 11 is 5.09. The molecule has 7 rings (SSSR count). The number of thiophene rings is 3. The van der Waals surface area contributed by atoms with Gasteiger partial charge in [0.2, 0.25) is 0 Å². The van der Waals surface area contributed by atoms with Crippen molar-refractivity contribution in [3.05, 3.63) is 9.75 Å². The van der Waals surface area contributed by atoms with Gasteiger partial charge in [-0.15, -0.1) is 34.0 Å². The summed E-state index contributed by atoms with van der Waals surface area (Å²) in [5, 5.41) is 0. The number of hydrogen-bond donors (Lipinski definition) is 1. The summed E-state index contributed by atoms with van der Waals surface area (Å²) < 4.78 is 102. The van der Waals surface area contributed by atoms with Gasteiger partial charge in [0, 0.05) is 50.5 Å². The van der Waals surface area contributed by atoms with Crippen LogP contribution in [0.25, 0.3) is 30.9 Å². The Kier molecular flexibility index (Phi) is 42.7. The highest BCUT2D eigenvalue weighted by Gasteiger charge is 2.47. The molecule has 650 valence electrons. The van der Waals surface area contributed by atoms with Gasteiger partial charge in [0.25, 0.3) is 0 Å². The summed E-state index contributed by atoms with van der Waals surface area (Å²) in [5.41, 5.74) is -1.05. The van der Waals surface area contributed by atoms with Crippen LogP contribution in [0.2, 0.25) is 0 Å². The standard InChI is InChI=1S/C95H163NO14S3/c1-21-35-43-69(29-9)51-97-57-93(58-98-52-70(30-10)44-36-22-2)63-105-79-80(106-64-93)87(88-82-84(90(113-88)92(18,19)20)110-68-95(66-108-82,61-101-55-73(33-13)47-39-25-5)62-102-56-74(34-14)48-40-26-6)111-85(79)75-77(103-49-41-27-7)78(104-50-42-28-8)76(96-75)86-81-83(89(112-86)91(15,16)17)109-67-94(65-107-81,59-99-53-71(31-11)45-37-23-3)60-100-54-72(32-12)46-38-24-4/h69-74,96H,21-68H2,1-20H3. The minimum Gasteiger partial charge on any atom is -0.488 e. The highest BCUT2D eigenvalue weighted by molar-refractivity contribution is 7.25. The van der Waals surface area contributed by atoms with Crippen molar-refractivity contribution >= 4 is 34.0 Å². The van der Waals surface area contributed by atoms with Gasteiger partial charge >= 0.3 is 0 Å². The zero-order valence-corrected chi connectivity index (χ0v) is 77.8. The van der Waals surface area contributed by atoms with Crippen molar-refractivity contribution in [2.24, 2.45) is 51.8 Å². The third-order valence-corrected chi connectivity index (χ3v) is 28.4. The molecule has 3 aliphatic rings. The number of H-pyrrole nitrogens is 1. The molecule has 0 spiro atoms. The number of aromatic amines is 1. The molecule has 4 aromatic rings. The van der Waals surface area contributed by atoms with Gasteiger partial charge in [-0.2, -0.15) is 0 Å². The fraction of sp³-hybridized carbons (Fsp3) is 0.832. The number of ether oxygens (including phenoxy) is 14. The summed E-state index contributed by atoms with van der Waals surface area (Å²) in [6.07, 6.45) is 30.9. The molecule has 1 N–H and O–H groups in total. The third kappa shape index (κ3) is 28.3. The SMILES string of the molecule is CCCCOc1c(-c2sc(-c3sc(C(C)(C)C)c4c3OCC(COCC(CC)CCCC)(COCC(CC)CCCC)CO4)c3c2OCC(COCC(CC)CCCC)(COCC(CC)CCCC)CO3)[nH]c(-c2sc(C(C)(C)C)c3c2OCC(COCC(CC)CCCC)(COCC(CC)CCCC)CO3)c1OCCCC. The van der Waals surface area contributed by atoms with Crippen LogP contribution in [0.4, 0.5) is 0 Å². The van der Waals surface area contributed by atoms with E-state index >= 15 is 0 Å². The summed E-state index contributed by atoms with van der Waals surface area (Å²) in [6.45, 7) is 55.2. The Bertz CT molecular complexity index is 3180. The average Bonchev–Trinajstić information content (AvgIpc) is 1.55. The number of hydrogen-bond acceptors (Lipinski definition) is 17. The molecule has 6 unspecified atom stereocenters. The first-order chi connectivity index (χ1) is 54.6. The fourth-order valence-electron chi connectivity index (χ4n) is 15.4. The molecule has 7 heterocycles. The lowest BCUT2D eigenvalue weighted by Gasteiger charge is -2.32. The first kappa shape index (κ1) is 96.7. The third-order valence-electron chi connectivity index (χ3n) is 23.9. The molecule has 113 heavy (non-hydrogen) atoms. The lowest BCUT2D eigenvalue weighted by atomic mass is 9.91. The molecular formula is C95H163NO14S3. The Hall–Kier alpha value is -3.46. The quantitative estimate of drug-likeness (QED) is 0.0419. The van der Waals surface area contributed by atoms with E-state index in [9.17, 15) is 0 Å². The highest BCUT2D eigenvalue weighted by atomic mass is 32.1. The maximum Gasteiger partial charge on any atom is 0.188 e. The van der Waals surface area contributed by atoms with Crippen molar-refractivity contribution in [1.82, 2.24) is 4.98 Å². The number of rotatable bonds is 59. The Morgan fingerprint density at radius 2 is 0.522 bits per heavy atom. The monoisotopic (exact) mass is 1640 g/mol. The van der Waals surface area contributed by atoms with E-state index in [1.807, 2.05) is 0 Å². The van der Waals surface area contributed by atoms with E-state index in [0.717, 1.165) is 168 Å². The van der Waals surface area contributed by atoms with E-state index < -0.39 is 16.2 Å². The minimum absolute atomic E-state index is 0.288. The van der Waals surface area contributed by atoms with Crippen LogP contribution in [0.15, 0.2) is 0 Å². The predicted octanol–water partition coefficient (Wildman–Crippen LogP) is 26.8. The maximum absolute atomic E-state index is 7.72. The molecule has 6 atom stereocenters. The van der Waals surface area contributed by atoms with Crippen LogP contribution in [0.3, 0.4) is 0 Å². The molecule has 0 saturated carbocycles. The molecule has 4 aromatic heterocycles. The second-order valence-corrected chi connectivity index (χ2v) is 39.6. The van der Waals surface area contributed by atoms with Gasteiger partial charge in [0.1, 0.15) is 60.8 Å². The Morgan fingerprint density at radius 3 is 0.779 bits per heavy atom. The van der Waals surface area contributed by atoms with E-state index in [-0.39, 0.29) is 17.4 Å². The smallest absolute Gasteiger partial charge is 0.188 e. The van der Waals surface area contributed by atoms with Gasteiger partial charge in [-0.1, -0.05) is 267 Å². The van der Waals surface area contributed by atoms with Crippen LogP contribution in [-0.4, -0.2) is 137 Å². The van der Waals surface area contributed by atoms with Crippen LogP contribution in [0.1, 0.15) is 328 Å². The van der Waals surface area contributed by atoms with E-state index in [1.165, 1.54) is 64.2 Å². The lowest BCUT2D eigenvalue weighted by molar-refractivity contribution is -0.0717. The molecule has 0 amide bonds. The summed E-state index contributed by atoms with van der Waals surface area (Å²) in [5.74, 6) is 8.26. The molecule has 0 saturated heterocycles. The Labute approximate surface area is 700 Å². The molecule has 0 fully saturated rings. The van der Waals surface area contributed by atoms with Crippen LogP contribution in [0, 0.1) is 51.8 Å². The van der Waals surface area contributed by atoms with Crippen LogP contribution >= 0.6 is 34.0 Å². The van der Waals surface area contributed by atoms with E-state index in [0.29, 0.717) is 196 Å². The zero-order valence-electron chi connectivity index (χ0n) is 75.3. The van der Waals surface area contributed by atoms with Gasteiger partial charge in [-0.25, -0.2) is 0 Å². The number of fused-ring (bicyclic) bond motifs is 3. The minimum atomic E-state index is -0.685. The second kappa shape index (κ2) is 49.9. The van der Waals surface area contributed by atoms with Crippen LogP contribution in [-0.2, 0) is 39.3 Å². The van der Waals surface area contributed by atoms with Crippen molar-refractivity contribution in [2.75, 3.05) is 132 Å². The van der Waals surface area contributed by atoms with Crippen molar-refractivity contribution in [3.63, 3.8) is 0 Å². The number of nitrogens with one attached hydrogen (secondary N) is 1. The van der Waals surface area contributed by atoms with Crippen molar-refractivity contribution < 1.29 is 66.3 Å². The maximum atomic E-state index is 7.72. The normalized spacial score (nSPS) is 19.5. The summed E-state index contributed by atoms with van der Waals surface area (Å²) in [6, 6.07) is 0. The first-order valence-electron chi connectivity index (χ1n) is 45.9. The lowest BCUT2D eigenvalue weighted by Crippen LogP contribution is -2.43. The molecule has 0 bridgehead atoms. The average molecular weight is 1640 g/mol. The molecule has 18 heteroatoms. The first-order valence-corrected chi connectivity index (χ1v) is 48.3. The van der Waals surface area contributed by atoms with Gasteiger partial charge < -0.3 is 71.3 Å². The molecule has 0 radical (unpaired) electrons. The molecule has 0 aromatic carbocycles. The largest absolute Gasteiger partial charge is 0.488 e. The van der Waals surface area contributed by atoms with Crippen molar-refractivity contribution in [1.29, 1.82) is 0 Å². The van der Waals surface area contributed by atoms with Crippen molar-refractivity contribution in [2.45, 2.75) is 329 Å². The van der Waals surface area contributed by atoms with Crippen LogP contribution < -0.4 is 37.9 Å². The fourth-order valence-corrected chi connectivity index (χ4v) is 19.2.